The van der Waals surface area contributed by atoms with Gasteiger partial charge in [0, 0.05) is 39.4 Å². The van der Waals surface area contributed by atoms with E-state index in [0.29, 0.717) is 17.7 Å². The number of anilines is 1. The summed E-state index contributed by atoms with van der Waals surface area (Å²) in [5, 5.41) is 10.5. The molecule has 50 heavy (non-hydrogen) atoms. The highest BCUT2D eigenvalue weighted by atomic mass is 32.2. The van der Waals surface area contributed by atoms with Gasteiger partial charge in [-0.2, -0.15) is 9.37 Å². The number of nitrogens with two attached hydrogens (primary N) is 1. The maximum atomic E-state index is 14.2. The number of carbonyl (C=O) groups is 2. The molecule has 0 bridgehead atoms. The summed E-state index contributed by atoms with van der Waals surface area (Å²) >= 11 is 0. The van der Waals surface area contributed by atoms with Gasteiger partial charge in [0.25, 0.3) is 0 Å². The molecule has 0 spiro atoms. The van der Waals surface area contributed by atoms with E-state index >= 15 is 0 Å². The lowest BCUT2D eigenvalue weighted by molar-refractivity contribution is -0.178. The van der Waals surface area contributed by atoms with E-state index in [2.05, 4.69) is 16.0 Å². The van der Waals surface area contributed by atoms with Gasteiger partial charge in [-0.15, -0.1) is 0 Å². The summed E-state index contributed by atoms with van der Waals surface area (Å²) in [6.45, 7) is 9.71. The van der Waals surface area contributed by atoms with Crippen LogP contribution in [0.1, 0.15) is 45.7 Å². The largest absolute Gasteiger partial charge is 0.399 e. The first-order chi connectivity index (χ1) is 23.4. The van der Waals surface area contributed by atoms with E-state index in [1.54, 1.807) is 38.4 Å². The van der Waals surface area contributed by atoms with E-state index in [1.807, 2.05) is 65.0 Å². The summed E-state index contributed by atoms with van der Waals surface area (Å²) in [4.78, 5) is 33.6. The Morgan fingerprint density at radius 2 is 1.54 bits per heavy atom. The number of hydrogen-bond acceptors (Lipinski definition) is 8. The van der Waals surface area contributed by atoms with Gasteiger partial charge in [0.05, 0.1) is 17.5 Å². The smallest absolute Gasteiger partial charge is 0.243 e. The van der Waals surface area contributed by atoms with Crippen molar-refractivity contribution < 1.29 is 27.2 Å². The van der Waals surface area contributed by atoms with Crippen LogP contribution in [0.25, 0.3) is 0 Å². The third kappa shape index (κ3) is 12.8. The molecule has 3 rings (SSSR count). The second-order valence-electron chi connectivity index (χ2n) is 14.1. The topological polar surface area (TPSA) is 146 Å². The van der Waals surface area contributed by atoms with Gasteiger partial charge in [0.2, 0.25) is 21.8 Å². The molecule has 2 amide bonds. The van der Waals surface area contributed by atoms with E-state index in [-0.39, 0.29) is 42.8 Å². The number of rotatable bonds is 18. The van der Waals surface area contributed by atoms with Gasteiger partial charge in [0.1, 0.15) is 18.0 Å². The van der Waals surface area contributed by atoms with Crippen molar-refractivity contribution in [1.29, 1.82) is 0 Å². The van der Waals surface area contributed by atoms with Crippen LogP contribution in [-0.4, -0.2) is 81.5 Å². The number of nitrogen functional groups attached to an aromatic ring is 1. The quantitative estimate of drug-likeness (QED) is 0.115. The van der Waals surface area contributed by atoms with Crippen LogP contribution in [0.15, 0.2) is 83.8 Å². The van der Waals surface area contributed by atoms with E-state index < -0.39 is 45.4 Å². The molecule has 3 atom stereocenters. The fourth-order valence-corrected chi connectivity index (χ4v) is 7.05. The van der Waals surface area contributed by atoms with E-state index in [4.69, 9.17) is 10.6 Å². The minimum Gasteiger partial charge on any atom is -0.399 e. The highest BCUT2D eigenvalue weighted by Crippen LogP contribution is 2.23. The monoisotopic (exact) mass is 712 g/mol. The van der Waals surface area contributed by atoms with Gasteiger partial charge in [-0.3, -0.25) is 14.4 Å². The fourth-order valence-electron chi connectivity index (χ4n) is 5.44. The molecule has 274 valence electrons. The first-order valence-corrected chi connectivity index (χ1v) is 18.2. The van der Waals surface area contributed by atoms with Crippen LogP contribution in [-0.2, 0) is 37.4 Å². The van der Waals surface area contributed by atoms with Crippen LogP contribution < -0.4 is 21.7 Å². The molecule has 13 heteroatoms. The molecule has 0 saturated carbocycles. The highest BCUT2D eigenvalue weighted by molar-refractivity contribution is 7.89. The van der Waals surface area contributed by atoms with Gasteiger partial charge in [-0.1, -0.05) is 77.1 Å². The molecular weight excluding hydrogens is 660 g/mol. The molecular formula is C37H53FN6O5S. The van der Waals surface area contributed by atoms with Crippen molar-refractivity contribution in [2.75, 3.05) is 39.5 Å². The summed E-state index contributed by atoms with van der Waals surface area (Å²) in [6.07, 6.45) is -0.511. The summed E-state index contributed by atoms with van der Waals surface area (Å²) in [6, 6.07) is 20.0. The van der Waals surface area contributed by atoms with Crippen LogP contribution in [0.4, 0.5) is 10.1 Å². The van der Waals surface area contributed by atoms with Gasteiger partial charge in [-0.25, -0.2) is 12.8 Å². The maximum absolute atomic E-state index is 14.2. The van der Waals surface area contributed by atoms with Crippen molar-refractivity contribution in [3.8, 4) is 0 Å². The molecule has 0 aliphatic heterocycles. The molecule has 11 nitrogen and oxygen atoms in total. The molecule has 0 fully saturated rings. The number of benzene rings is 3. The lowest BCUT2D eigenvalue weighted by Crippen LogP contribution is -2.60. The summed E-state index contributed by atoms with van der Waals surface area (Å²) in [5.74, 6) is -1.23. The number of nitrogens with one attached hydrogen (secondary N) is 3. The Morgan fingerprint density at radius 3 is 2.12 bits per heavy atom. The van der Waals surface area contributed by atoms with Crippen molar-refractivity contribution in [3.05, 3.63) is 95.8 Å². The van der Waals surface area contributed by atoms with Crippen molar-refractivity contribution in [2.24, 2.45) is 11.3 Å². The Balaban J connectivity index is 1.91. The second-order valence-corrected chi connectivity index (χ2v) is 16.1. The number of nitrogens with zero attached hydrogens (tertiary/aromatic N) is 2. The third-order valence-corrected chi connectivity index (χ3v) is 9.67. The van der Waals surface area contributed by atoms with Crippen molar-refractivity contribution in [1.82, 2.24) is 25.3 Å². The number of carbonyl (C=O) groups excluding carboxylic acids is 2. The summed E-state index contributed by atoms with van der Waals surface area (Å²) < 4.78 is 43.0. The zero-order valence-corrected chi connectivity index (χ0v) is 31.0. The summed E-state index contributed by atoms with van der Waals surface area (Å²) in [7, 11) is -0.586. The van der Waals surface area contributed by atoms with Gasteiger partial charge >= 0.3 is 0 Å². The molecule has 0 heterocycles. The molecule has 0 radical (unpaired) electrons. The third-order valence-electron chi connectivity index (χ3n) is 7.83. The van der Waals surface area contributed by atoms with Gasteiger partial charge < -0.3 is 21.7 Å². The molecule has 3 aromatic carbocycles. The van der Waals surface area contributed by atoms with Crippen molar-refractivity contribution >= 4 is 27.5 Å². The average molecular weight is 713 g/mol. The van der Waals surface area contributed by atoms with E-state index in [1.165, 1.54) is 33.6 Å². The molecule has 0 aliphatic carbocycles. The van der Waals surface area contributed by atoms with Gasteiger partial charge in [-0.05, 0) is 65.3 Å². The van der Waals surface area contributed by atoms with Crippen LogP contribution in [0.5, 0.6) is 0 Å². The Hall–Kier alpha value is -3.88. The van der Waals surface area contributed by atoms with Crippen LogP contribution in [0.3, 0.4) is 0 Å². The number of hydrogen-bond donors (Lipinski definition) is 4. The molecule has 0 unspecified atom stereocenters. The fraction of sp³-hybridized carbons (Fsp3) is 0.459. The molecule has 0 aromatic heterocycles. The molecule has 3 aromatic rings. The number of amides is 2. The zero-order valence-electron chi connectivity index (χ0n) is 30.1. The Bertz CT molecular complexity index is 1630. The lowest BCUT2D eigenvalue weighted by Gasteiger charge is -2.37. The van der Waals surface area contributed by atoms with Crippen molar-refractivity contribution in [2.45, 2.75) is 70.7 Å². The Labute approximate surface area is 296 Å². The van der Waals surface area contributed by atoms with Crippen LogP contribution in [0.2, 0.25) is 0 Å². The highest BCUT2D eigenvalue weighted by Gasteiger charge is 2.38. The minimum atomic E-state index is -3.98. The van der Waals surface area contributed by atoms with Crippen molar-refractivity contribution in [3.63, 3.8) is 0 Å². The lowest BCUT2D eigenvalue weighted by atomic mass is 9.85. The maximum Gasteiger partial charge on any atom is 0.243 e. The predicted octanol–water partition coefficient (Wildman–Crippen LogP) is 3.96. The SMILES string of the molecule is CC(C)CN(C[C@@H](ON(C)C)[C@H](Cc1ccccc1)NC(=O)[C@@H](NC(=O)CNCc1cccc(F)c1)C(C)(C)C)S(=O)(=O)c1ccc(N)cc1. The minimum absolute atomic E-state index is 0.0178. The number of halogens is 1. The van der Waals surface area contributed by atoms with Crippen LogP contribution >= 0.6 is 0 Å². The Morgan fingerprint density at radius 1 is 0.900 bits per heavy atom. The molecule has 0 saturated heterocycles. The van der Waals surface area contributed by atoms with Gasteiger partial charge in [0.15, 0.2) is 0 Å². The Kier molecular flexibility index (Phi) is 14.9. The number of hydroxylamine groups is 2. The first kappa shape index (κ1) is 40.5. The van der Waals surface area contributed by atoms with Crippen LogP contribution in [0, 0.1) is 17.2 Å². The number of sulfonamides is 1. The zero-order chi connectivity index (χ0) is 37.1. The van der Waals surface area contributed by atoms with E-state index in [9.17, 15) is 22.4 Å². The molecule has 5 N–H and O–H groups in total. The summed E-state index contributed by atoms with van der Waals surface area (Å²) in [5.41, 5.74) is 7.18. The predicted molar refractivity (Wildman–Crippen MR) is 195 cm³/mol. The second kappa shape index (κ2) is 18.4. The molecule has 0 aliphatic rings. The normalized spacial score (nSPS) is 14.1. The first-order valence-electron chi connectivity index (χ1n) is 16.7. The van der Waals surface area contributed by atoms with E-state index in [0.717, 1.165) is 5.56 Å². The standard InChI is InChI=1S/C37H53FN6O5S/c1-26(2)24-44(50(47,48)31-18-16-30(39)17-19-31)25-33(49-43(6)7)32(21-27-12-9-8-10-13-27)41-36(46)35(37(3,4)5)42-34(45)23-40-22-28-14-11-15-29(38)20-28/h8-20,26,32-33,35,40H,21-25,39H2,1-7H3,(H,41,46)(H,42,45)/t32-,33+,35+/m0/s1. The average Bonchev–Trinajstić information content (AvgIpc) is 3.02.